The summed E-state index contributed by atoms with van der Waals surface area (Å²) in [5.41, 5.74) is 3.62. The normalized spacial score (nSPS) is 15.8. The molecule has 0 saturated carbocycles. The smallest absolute Gasteiger partial charge is 0.338 e. The fraction of sp³-hybridized carbons (Fsp3) is 0.360. The van der Waals surface area contributed by atoms with Gasteiger partial charge in [0.25, 0.3) is 0 Å². The predicted octanol–water partition coefficient (Wildman–Crippen LogP) is 3.91. The second-order valence-corrected chi connectivity index (χ2v) is 7.67. The Hall–Kier alpha value is -3.68. The molecule has 8 nitrogen and oxygen atoms in total. The Kier molecular flexibility index (Phi) is 7.48. The van der Waals surface area contributed by atoms with Crippen molar-refractivity contribution in [2.24, 2.45) is 0 Å². The maximum atomic E-state index is 13.1. The van der Waals surface area contributed by atoms with Crippen molar-refractivity contribution in [1.29, 1.82) is 0 Å². The summed E-state index contributed by atoms with van der Waals surface area (Å²) < 4.78 is 22.1. The lowest BCUT2D eigenvalue weighted by Crippen LogP contribution is -2.48. The lowest BCUT2D eigenvalue weighted by molar-refractivity contribution is -0.139. The fourth-order valence-corrected chi connectivity index (χ4v) is 3.62. The number of carbonyl (C=O) groups excluding carboxylic acids is 2. The number of esters is 1. The molecule has 0 bridgehead atoms. The van der Waals surface area contributed by atoms with Gasteiger partial charge in [0.2, 0.25) is 0 Å². The van der Waals surface area contributed by atoms with Crippen molar-refractivity contribution < 1.29 is 28.5 Å². The Morgan fingerprint density at radius 2 is 1.76 bits per heavy atom. The van der Waals surface area contributed by atoms with Gasteiger partial charge in [-0.25, -0.2) is 9.59 Å². The van der Waals surface area contributed by atoms with Crippen LogP contribution in [0, 0.1) is 13.8 Å². The van der Waals surface area contributed by atoms with Crippen LogP contribution in [0.5, 0.6) is 17.2 Å². The number of rotatable bonds is 8. The molecule has 33 heavy (non-hydrogen) atoms. The molecule has 0 aliphatic carbocycles. The lowest BCUT2D eigenvalue weighted by Gasteiger charge is -2.34. The summed E-state index contributed by atoms with van der Waals surface area (Å²) in [5, 5.41) is 2.88. The Labute approximate surface area is 194 Å². The average molecular weight is 455 g/mol. The number of hydrogen-bond donors (Lipinski definition) is 1. The van der Waals surface area contributed by atoms with Gasteiger partial charge in [-0.3, -0.25) is 4.90 Å². The van der Waals surface area contributed by atoms with Gasteiger partial charge >= 0.3 is 12.0 Å². The largest absolute Gasteiger partial charge is 0.493 e. The number of hydrogen-bond acceptors (Lipinski definition) is 6. The highest BCUT2D eigenvalue weighted by Gasteiger charge is 2.37. The summed E-state index contributed by atoms with van der Waals surface area (Å²) in [7, 11) is 4.67. The first-order valence-electron chi connectivity index (χ1n) is 10.7. The third kappa shape index (κ3) is 5.05. The molecule has 0 spiro atoms. The molecular weight excluding hydrogens is 424 g/mol. The van der Waals surface area contributed by atoms with Crippen molar-refractivity contribution in [1.82, 2.24) is 10.2 Å². The van der Waals surface area contributed by atoms with Gasteiger partial charge in [0.05, 0.1) is 38.1 Å². The highest BCUT2D eigenvalue weighted by Crippen LogP contribution is 2.36. The van der Waals surface area contributed by atoms with Crippen molar-refractivity contribution in [3.63, 3.8) is 0 Å². The van der Waals surface area contributed by atoms with Crippen LogP contribution in [-0.4, -0.2) is 51.4 Å². The number of aryl methyl sites for hydroxylation is 2. The van der Waals surface area contributed by atoms with E-state index in [0.29, 0.717) is 34.1 Å². The zero-order valence-corrected chi connectivity index (χ0v) is 19.9. The highest BCUT2D eigenvalue weighted by atomic mass is 16.5. The maximum absolute atomic E-state index is 13.1. The summed E-state index contributed by atoms with van der Waals surface area (Å²) in [6.45, 7) is 5.97. The van der Waals surface area contributed by atoms with Crippen molar-refractivity contribution in [3.8, 4) is 17.2 Å². The monoisotopic (exact) mass is 454 g/mol. The van der Waals surface area contributed by atoms with E-state index in [9.17, 15) is 9.59 Å². The molecule has 1 N–H and O–H groups in total. The second kappa shape index (κ2) is 10.3. The Morgan fingerprint density at radius 3 is 2.39 bits per heavy atom. The first kappa shape index (κ1) is 24.0. The number of ether oxygens (including phenoxy) is 4. The first-order chi connectivity index (χ1) is 15.8. The maximum Gasteiger partial charge on any atom is 0.338 e. The van der Waals surface area contributed by atoms with Crippen LogP contribution in [0.1, 0.15) is 29.7 Å². The SMILES string of the molecule is CCOC(=O)C1=C(COc2ccc(C)c(C)c2)N(C)C(=O)N[C@H]1c1ccc(OC)c(OC)c1. The number of methoxy groups -OCH3 is 2. The van der Waals surface area contributed by atoms with Gasteiger partial charge in [-0.15, -0.1) is 0 Å². The molecule has 2 aromatic carbocycles. The summed E-state index contributed by atoms with van der Waals surface area (Å²) in [5.74, 6) is 1.15. The predicted molar refractivity (Wildman–Crippen MR) is 124 cm³/mol. The number of nitrogens with zero attached hydrogens (tertiary/aromatic N) is 1. The molecule has 0 aromatic heterocycles. The number of nitrogens with one attached hydrogen (secondary N) is 1. The molecule has 176 valence electrons. The fourth-order valence-electron chi connectivity index (χ4n) is 3.62. The topological polar surface area (TPSA) is 86.3 Å². The Balaban J connectivity index is 2.06. The van der Waals surface area contributed by atoms with Crippen LogP contribution in [0.3, 0.4) is 0 Å². The summed E-state index contributed by atoms with van der Waals surface area (Å²) in [6.07, 6.45) is 0. The minimum atomic E-state index is -0.745. The molecule has 0 saturated heterocycles. The molecule has 0 radical (unpaired) electrons. The molecule has 1 heterocycles. The molecule has 8 heteroatoms. The molecule has 2 amide bonds. The van der Waals surface area contributed by atoms with Crippen LogP contribution in [0.4, 0.5) is 4.79 Å². The van der Waals surface area contributed by atoms with Gasteiger partial charge in [-0.2, -0.15) is 0 Å². The van der Waals surface area contributed by atoms with Crippen LogP contribution in [0.15, 0.2) is 47.7 Å². The van der Waals surface area contributed by atoms with E-state index >= 15 is 0 Å². The highest BCUT2D eigenvalue weighted by molar-refractivity contribution is 5.95. The van der Waals surface area contributed by atoms with Gasteiger partial charge < -0.3 is 24.3 Å². The van der Waals surface area contributed by atoms with Crippen LogP contribution in [0.25, 0.3) is 0 Å². The lowest BCUT2D eigenvalue weighted by atomic mass is 9.94. The zero-order valence-electron chi connectivity index (χ0n) is 19.9. The number of benzene rings is 2. The van der Waals surface area contributed by atoms with E-state index in [-0.39, 0.29) is 19.2 Å². The molecule has 0 unspecified atom stereocenters. The van der Waals surface area contributed by atoms with Gasteiger partial charge in [-0.1, -0.05) is 12.1 Å². The third-order valence-electron chi connectivity index (χ3n) is 5.67. The van der Waals surface area contributed by atoms with E-state index in [4.69, 9.17) is 18.9 Å². The van der Waals surface area contributed by atoms with Crippen LogP contribution < -0.4 is 19.5 Å². The molecular formula is C25H30N2O6. The Morgan fingerprint density at radius 1 is 1.03 bits per heavy atom. The zero-order chi connectivity index (χ0) is 24.1. The summed E-state index contributed by atoms with van der Waals surface area (Å²) in [4.78, 5) is 27.3. The first-order valence-corrected chi connectivity index (χ1v) is 10.7. The van der Waals surface area contributed by atoms with E-state index in [1.807, 2.05) is 32.0 Å². The van der Waals surface area contributed by atoms with Crippen LogP contribution in [0.2, 0.25) is 0 Å². The molecule has 1 atom stereocenters. The standard InChI is InChI=1S/C25H30N2O6/c1-7-32-24(28)22-19(14-33-18-10-8-15(2)16(3)12-18)27(4)25(29)26-23(22)17-9-11-20(30-5)21(13-17)31-6/h8-13,23H,7,14H2,1-6H3,(H,26,29)/t23-/m0/s1. The number of carbonyl (C=O) groups is 2. The third-order valence-corrected chi connectivity index (χ3v) is 5.67. The van der Waals surface area contributed by atoms with Crippen molar-refractivity contribution in [3.05, 3.63) is 64.4 Å². The van der Waals surface area contributed by atoms with Gasteiger partial charge in [0.15, 0.2) is 11.5 Å². The van der Waals surface area contributed by atoms with Gasteiger partial charge in [0, 0.05) is 7.05 Å². The Bertz CT molecular complexity index is 1080. The summed E-state index contributed by atoms with van der Waals surface area (Å²) >= 11 is 0. The molecule has 1 aliphatic rings. The van der Waals surface area contributed by atoms with Crippen LogP contribution in [-0.2, 0) is 9.53 Å². The molecule has 1 aliphatic heterocycles. The van der Waals surface area contributed by atoms with Gasteiger partial charge in [0.1, 0.15) is 12.4 Å². The molecule has 2 aromatic rings. The van der Waals surface area contributed by atoms with Crippen molar-refractivity contribution >= 4 is 12.0 Å². The van der Waals surface area contributed by atoms with Crippen molar-refractivity contribution in [2.45, 2.75) is 26.8 Å². The van der Waals surface area contributed by atoms with E-state index < -0.39 is 12.0 Å². The van der Waals surface area contributed by atoms with E-state index in [0.717, 1.165) is 11.1 Å². The number of urea groups is 1. The van der Waals surface area contributed by atoms with E-state index in [1.165, 1.54) is 12.0 Å². The van der Waals surface area contributed by atoms with E-state index in [1.54, 1.807) is 39.3 Å². The molecule has 0 fully saturated rings. The number of likely N-dealkylation sites (N-methyl/N-ethyl adjacent to an activating group) is 1. The minimum Gasteiger partial charge on any atom is -0.493 e. The van der Waals surface area contributed by atoms with Crippen LogP contribution >= 0.6 is 0 Å². The molecule has 3 rings (SSSR count). The van der Waals surface area contributed by atoms with E-state index in [2.05, 4.69) is 5.32 Å². The van der Waals surface area contributed by atoms with Gasteiger partial charge in [-0.05, 0) is 61.7 Å². The average Bonchev–Trinajstić information content (AvgIpc) is 2.81. The second-order valence-electron chi connectivity index (χ2n) is 7.67. The number of amides is 2. The minimum absolute atomic E-state index is 0.0182. The van der Waals surface area contributed by atoms with Crippen molar-refractivity contribution in [2.75, 3.05) is 34.5 Å². The summed E-state index contributed by atoms with van der Waals surface area (Å²) in [6, 6.07) is 9.89. The quantitative estimate of drug-likeness (QED) is 0.609.